The van der Waals surface area contributed by atoms with Crippen LogP contribution in [-0.2, 0) is 14.3 Å². The number of carbonyl (C=O) groups excluding carboxylic acids is 2. The minimum atomic E-state index is -0.535. The molecule has 176 valence electrons. The molecule has 1 aliphatic rings. The van der Waals surface area contributed by atoms with E-state index in [0.29, 0.717) is 27.7 Å². The third-order valence-electron chi connectivity index (χ3n) is 6.38. The van der Waals surface area contributed by atoms with Crippen LogP contribution in [0.3, 0.4) is 0 Å². The van der Waals surface area contributed by atoms with Crippen LogP contribution in [0.2, 0.25) is 5.02 Å². The van der Waals surface area contributed by atoms with Gasteiger partial charge in [-0.25, -0.2) is 14.3 Å². The summed E-state index contributed by atoms with van der Waals surface area (Å²) in [6.07, 6.45) is 2.96. The molecule has 0 unspecified atom stereocenters. The Morgan fingerprint density at radius 1 is 1.24 bits per heavy atom. The molecule has 1 saturated carbocycles. The van der Waals surface area contributed by atoms with Gasteiger partial charge in [0.1, 0.15) is 15.8 Å². The van der Waals surface area contributed by atoms with Crippen molar-refractivity contribution in [1.29, 1.82) is 0 Å². The van der Waals surface area contributed by atoms with Gasteiger partial charge in [-0.05, 0) is 67.9 Å². The number of fused-ring (bicyclic) bond motifs is 1. The van der Waals surface area contributed by atoms with E-state index in [1.165, 1.54) is 11.3 Å². The number of nitrogens with zero attached hydrogens (tertiary/aromatic N) is 2. The summed E-state index contributed by atoms with van der Waals surface area (Å²) in [7, 11) is 0. The fourth-order valence-corrected chi connectivity index (χ4v) is 5.76. The molecule has 3 atom stereocenters. The summed E-state index contributed by atoms with van der Waals surface area (Å²) in [5, 5.41) is 6.09. The van der Waals surface area contributed by atoms with E-state index in [4.69, 9.17) is 21.1 Å². The summed E-state index contributed by atoms with van der Waals surface area (Å²) in [6.45, 7) is 8.02. The highest BCUT2D eigenvalue weighted by Crippen LogP contribution is 2.35. The molecule has 33 heavy (non-hydrogen) atoms. The molecule has 6 nitrogen and oxygen atoms in total. The van der Waals surface area contributed by atoms with Crippen molar-refractivity contribution in [2.75, 3.05) is 6.61 Å². The molecule has 0 amide bonds. The maximum absolute atomic E-state index is 12.7. The Bertz CT molecular complexity index is 1150. The first kappa shape index (κ1) is 23.8. The predicted molar refractivity (Wildman–Crippen MR) is 130 cm³/mol. The minimum absolute atomic E-state index is 0.114. The fraction of sp³-hybridized carbons (Fsp3) is 0.480. The molecule has 0 N–H and O–H groups in total. The largest absolute Gasteiger partial charge is 0.460 e. The summed E-state index contributed by atoms with van der Waals surface area (Å²) in [6, 6.07) is 9.10. The van der Waals surface area contributed by atoms with Crippen LogP contribution in [0.4, 0.5) is 0 Å². The van der Waals surface area contributed by atoms with Crippen molar-refractivity contribution in [1.82, 2.24) is 9.78 Å². The number of hydrogen-bond acceptors (Lipinski definition) is 6. The molecule has 4 rings (SSSR count). The molecule has 0 aliphatic heterocycles. The molecule has 1 fully saturated rings. The van der Waals surface area contributed by atoms with Gasteiger partial charge < -0.3 is 9.47 Å². The minimum Gasteiger partial charge on any atom is -0.460 e. The second-order valence-electron chi connectivity index (χ2n) is 9.23. The highest BCUT2D eigenvalue weighted by atomic mass is 35.5. The first-order valence-electron chi connectivity index (χ1n) is 11.3. The average molecular weight is 489 g/mol. The van der Waals surface area contributed by atoms with E-state index >= 15 is 0 Å². The lowest BCUT2D eigenvalue weighted by molar-refractivity contribution is -0.159. The highest BCUT2D eigenvalue weighted by Gasteiger charge is 2.33. The summed E-state index contributed by atoms with van der Waals surface area (Å²) < 4.78 is 12.8. The molecule has 0 radical (unpaired) electrons. The van der Waals surface area contributed by atoms with Crippen molar-refractivity contribution in [3.8, 4) is 5.69 Å². The number of halogens is 1. The molecule has 0 saturated heterocycles. The normalized spacial score (nSPS) is 20.8. The number of aromatic nitrogens is 2. The lowest BCUT2D eigenvalue weighted by Crippen LogP contribution is -2.36. The number of aryl methyl sites for hydroxylation is 1. The predicted octanol–water partition coefficient (Wildman–Crippen LogP) is 6.21. The summed E-state index contributed by atoms with van der Waals surface area (Å²) in [4.78, 5) is 26.4. The average Bonchev–Trinajstić information content (AvgIpc) is 3.33. The Balaban J connectivity index is 1.42. The Morgan fingerprint density at radius 3 is 2.67 bits per heavy atom. The first-order chi connectivity index (χ1) is 15.7. The number of carbonyl (C=O) groups is 2. The zero-order valence-corrected chi connectivity index (χ0v) is 20.9. The Labute approximate surface area is 202 Å². The molecule has 2 aromatic heterocycles. The number of esters is 2. The Kier molecular flexibility index (Phi) is 7.10. The van der Waals surface area contributed by atoms with Crippen molar-refractivity contribution in [2.45, 2.75) is 53.1 Å². The number of thiophene rings is 1. The monoisotopic (exact) mass is 488 g/mol. The highest BCUT2D eigenvalue weighted by molar-refractivity contribution is 7.20. The fourth-order valence-electron chi connectivity index (χ4n) is 4.55. The summed E-state index contributed by atoms with van der Waals surface area (Å²) >= 11 is 7.28. The van der Waals surface area contributed by atoms with Crippen LogP contribution >= 0.6 is 22.9 Å². The maximum Gasteiger partial charge on any atom is 0.348 e. The van der Waals surface area contributed by atoms with E-state index in [1.54, 1.807) is 22.9 Å². The standard InChI is InChI=1S/C25H29ClN2O4S/c1-14(2)19-10-5-15(3)11-21(19)32-23(29)13-31-25(30)22-12-20-16(4)27-28(24(20)33-22)18-8-6-17(26)7-9-18/h6-9,12,14-15,19,21H,5,10-11,13H2,1-4H3/t15-,19-,21+/m1/s1. The molecule has 8 heteroatoms. The van der Waals surface area contributed by atoms with Crippen LogP contribution < -0.4 is 0 Å². The SMILES string of the molecule is Cc1nn(-c2ccc(Cl)cc2)c2sc(C(=O)OCC(=O)O[C@H]3C[C@H](C)CC[C@@H]3C(C)C)cc12. The summed E-state index contributed by atoms with van der Waals surface area (Å²) in [5.41, 5.74) is 1.66. The van der Waals surface area contributed by atoms with E-state index in [9.17, 15) is 9.59 Å². The smallest absolute Gasteiger partial charge is 0.348 e. The van der Waals surface area contributed by atoms with E-state index in [1.807, 2.05) is 19.1 Å². The Hall–Kier alpha value is -2.38. The maximum atomic E-state index is 12.7. The van der Waals surface area contributed by atoms with Crippen LogP contribution in [0.25, 0.3) is 15.9 Å². The lowest BCUT2D eigenvalue weighted by atomic mass is 9.75. The van der Waals surface area contributed by atoms with Crippen molar-refractivity contribution in [3.05, 3.63) is 45.9 Å². The van der Waals surface area contributed by atoms with Gasteiger partial charge >= 0.3 is 11.9 Å². The third-order valence-corrected chi connectivity index (χ3v) is 7.72. The van der Waals surface area contributed by atoms with Gasteiger partial charge in [0.2, 0.25) is 0 Å². The van der Waals surface area contributed by atoms with Gasteiger partial charge in [0.05, 0.1) is 11.4 Å². The van der Waals surface area contributed by atoms with Gasteiger partial charge in [-0.3, -0.25) is 0 Å². The molecule has 1 aromatic carbocycles. The van der Waals surface area contributed by atoms with Gasteiger partial charge in [-0.15, -0.1) is 11.3 Å². The first-order valence-corrected chi connectivity index (χ1v) is 12.5. The second kappa shape index (κ2) is 9.85. The van der Waals surface area contributed by atoms with Gasteiger partial charge in [0.25, 0.3) is 0 Å². The number of hydrogen-bond donors (Lipinski definition) is 0. The van der Waals surface area contributed by atoms with E-state index < -0.39 is 11.9 Å². The van der Waals surface area contributed by atoms with Gasteiger partial charge in [0, 0.05) is 10.4 Å². The molecule has 0 spiro atoms. The molecule has 0 bridgehead atoms. The quantitative estimate of drug-likeness (QED) is 0.386. The van der Waals surface area contributed by atoms with Gasteiger partial charge in [-0.2, -0.15) is 5.10 Å². The number of benzene rings is 1. The molecular weight excluding hydrogens is 460 g/mol. The third kappa shape index (κ3) is 5.25. The van der Waals surface area contributed by atoms with Crippen LogP contribution in [0.1, 0.15) is 55.4 Å². The lowest BCUT2D eigenvalue weighted by Gasteiger charge is -2.36. The number of rotatable bonds is 6. The molecule has 2 heterocycles. The van der Waals surface area contributed by atoms with Crippen LogP contribution in [0, 0.1) is 24.7 Å². The van der Waals surface area contributed by atoms with Crippen LogP contribution in [-0.4, -0.2) is 34.4 Å². The van der Waals surface area contributed by atoms with Crippen LogP contribution in [0.5, 0.6) is 0 Å². The van der Waals surface area contributed by atoms with Crippen LogP contribution in [0.15, 0.2) is 30.3 Å². The van der Waals surface area contributed by atoms with Gasteiger partial charge in [-0.1, -0.05) is 38.8 Å². The number of ether oxygens (including phenoxy) is 2. The van der Waals surface area contributed by atoms with Crippen molar-refractivity contribution in [3.63, 3.8) is 0 Å². The van der Waals surface area contributed by atoms with E-state index in [-0.39, 0.29) is 12.7 Å². The second-order valence-corrected chi connectivity index (χ2v) is 10.7. The molecule has 3 aromatic rings. The van der Waals surface area contributed by atoms with E-state index in [0.717, 1.165) is 40.9 Å². The topological polar surface area (TPSA) is 70.4 Å². The van der Waals surface area contributed by atoms with Crippen molar-refractivity contribution in [2.24, 2.45) is 17.8 Å². The zero-order valence-electron chi connectivity index (χ0n) is 19.3. The zero-order chi connectivity index (χ0) is 23.7. The van der Waals surface area contributed by atoms with E-state index in [2.05, 4.69) is 25.9 Å². The van der Waals surface area contributed by atoms with Gasteiger partial charge in [0.15, 0.2) is 6.61 Å². The molecule has 1 aliphatic carbocycles. The van der Waals surface area contributed by atoms with Crippen molar-refractivity contribution < 1.29 is 19.1 Å². The summed E-state index contributed by atoms with van der Waals surface area (Å²) in [5.74, 6) is 0.301. The Morgan fingerprint density at radius 2 is 1.97 bits per heavy atom. The van der Waals surface area contributed by atoms with Crippen molar-refractivity contribution >= 4 is 45.1 Å². The molecular formula is C25H29ClN2O4S.